The van der Waals surface area contributed by atoms with Crippen molar-refractivity contribution in [2.24, 2.45) is 0 Å². The van der Waals surface area contributed by atoms with Crippen LogP contribution in [0.1, 0.15) is 30.6 Å². The van der Waals surface area contributed by atoms with Crippen LogP contribution in [-0.2, 0) is 0 Å². The number of amides is 1. The standard InChI is InChI=1S/C14H18N2O/c1-4-5-10-15-14(17)12-8-6-7-9-13(12)16-11(2)3/h1,6-9,11,16H,5,10H2,2-3H3,(H,15,17). The Labute approximate surface area is 103 Å². The van der Waals surface area contributed by atoms with E-state index in [1.165, 1.54) is 0 Å². The molecule has 3 nitrogen and oxygen atoms in total. The topological polar surface area (TPSA) is 41.1 Å². The van der Waals surface area contributed by atoms with Crippen molar-refractivity contribution in [1.29, 1.82) is 0 Å². The Morgan fingerprint density at radius 1 is 1.41 bits per heavy atom. The van der Waals surface area contributed by atoms with Gasteiger partial charge in [-0.2, -0.15) is 0 Å². The molecule has 0 spiro atoms. The highest BCUT2D eigenvalue weighted by atomic mass is 16.1. The molecule has 0 aliphatic carbocycles. The van der Waals surface area contributed by atoms with Crippen LogP contribution in [-0.4, -0.2) is 18.5 Å². The van der Waals surface area contributed by atoms with Crippen molar-refractivity contribution >= 4 is 11.6 Å². The maximum Gasteiger partial charge on any atom is 0.253 e. The average molecular weight is 230 g/mol. The molecule has 17 heavy (non-hydrogen) atoms. The Kier molecular flexibility index (Phi) is 5.09. The second-order valence-corrected chi connectivity index (χ2v) is 4.05. The molecule has 0 unspecified atom stereocenters. The second kappa shape index (κ2) is 6.59. The van der Waals surface area contributed by atoms with Crippen LogP contribution in [0.5, 0.6) is 0 Å². The number of hydrogen-bond acceptors (Lipinski definition) is 2. The van der Waals surface area contributed by atoms with Gasteiger partial charge in [0.2, 0.25) is 0 Å². The molecule has 0 saturated carbocycles. The van der Waals surface area contributed by atoms with E-state index in [9.17, 15) is 4.79 Å². The monoisotopic (exact) mass is 230 g/mol. The zero-order valence-corrected chi connectivity index (χ0v) is 10.3. The third-order valence-corrected chi connectivity index (χ3v) is 2.17. The summed E-state index contributed by atoms with van der Waals surface area (Å²) in [6, 6.07) is 7.74. The fourth-order valence-electron chi connectivity index (χ4n) is 1.46. The van der Waals surface area contributed by atoms with Crippen molar-refractivity contribution in [3.8, 4) is 12.3 Å². The fraction of sp³-hybridized carbons (Fsp3) is 0.357. The van der Waals surface area contributed by atoms with Gasteiger partial charge >= 0.3 is 0 Å². The lowest BCUT2D eigenvalue weighted by Crippen LogP contribution is -2.25. The summed E-state index contributed by atoms with van der Waals surface area (Å²) in [5.41, 5.74) is 1.50. The van der Waals surface area contributed by atoms with Crippen LogP contribution in [0.25, 0.3) is 0 Å². The Bertz CT molecular complexity index is 418. The average Bonchev–Trinajstić information content (AvgIpc) is 2.29. The molecule has 90 valence electrons. The van der Waals surface area contributed by atoms with Crippen molar-refractivity contribution in [3.63, 3.8) is 0 Å². The van der Waals surface area contributed by atoms with Gasteiger partial charge in [0.1, 0.15) is 0 Å². The van der Waals surface area contributed by atoms with Gasteiger partial charge in [-0.3, -0.25) is 4.79 Å². The molecule has 0 atom stereocenters. The van der Waals surface area contributed by atoms with E-state index in [2.05, 4.69) is 16.6 Å². The van der Waals surface area contributed by atoms with Gasteiger partial charge in [0.15, 0.2) is 0 Å². The number of carbonyl (C=O) groups excluding carboxylic acids is 1. The molecule has 0 aromatic heterocycles. The van der Waals surface area contributed by atoms with Crippen molar-refractivity contribution in [2.45, 2.75) is 26.3 Å². The minimum Gasteiger partial charge on any atom is -0.382 e. The first-order valence-electron chi connectivity index (χ1n) is 5.72. The van der Waals surface area contributed by atoms with E-state index in [-0.39, 0.29) is 11.9 Å². The van der Waals surface area contributed by atoms with Gasteiger partial charge in [-0.1, -0.05) is 12.1 Å². The Balaban J connectivity index is 2.75. The van der Waals surface area contributed by atoms with E-state index >= 15 is 0 Å². The smallest absolute Gasteiger partial charge is 0.253 e. The highest BCUT2D eigenvalue weighted by Crippen LogP contribution is 2.15. The molecule has 1 aromatic carbocycles. The quantitative estimate of drug-likeness (QED) is 0.602. The summed E-state index contributed by atoms with van der Waals surface area (Å²) < 4.78 is 0. The third-order valence-electron chi connectivity index (χ3n) is 2.17. The molecule has 0 bridgehead atoms. The molecular formula is C14H18N2O. The zero-order chi connectivity index (χ0) is 12.7. The van der Waals surface area contributed by atoms with E-state index in [1.54, 1.807) is 6.07 Å². The molecule has 0 fully saturated rings. The van der Waals surface area contributed by atoms with Gasteiger partial charge in [0.05, 0.1) is 5.56 Å². The normalized spacial score (nSPS) is 9.76. The number of benzene rings is 1. The number of carbonyl (C=O) groups is 1. The predicted octanol–water partition coefficient (Wildman–Crippen LogP) is 2.26. The first-order chi connectivity index (χ1) is 8.15. The lowest BCUT2D eigenvalue weighted by atomic mass is 10.1. The summed E-state index contributed by atoms with van der Waals surface area (Å²) in [5.74, 6) is 2.40. The van der Waals surface area contributed by atoms with E-state index < -0.39 is 0 Å². The van der Waals surface area contributed by atoms with Gasteiger partial charge in [-0.25, -0.2) is 0 Å². The van der Waals surface area contributed by atoms with E-state index in [4.69, 9.17) is 6.42 Å². The van der Waals surface area contributed by atoms with Crippen LogP contribution in [0.2, 0.25) is 0 Å². The molecule has 1 aromatic rings. The van der Waals surface area contributed by atoms with E-state index in [1.807, 2.05) is 32.0 Å². The maximum absolute atomic E-state index is 11.9. The number of para-hydroxylation sites is 1. The van der Waals surface area contributed by atoms with Gasteiger partial charge in [-0.15, -0.1) is 12.3 Å². The summed E-state index contributed by atoms with van der Waals surface area (Å²) in [6.45, 7) is 4.57. The lowest BCUT2D eigenvalue weighted by Gasteiger charge is -2.14. The van der Waals surface area contributed by atoms with Gasteiger partial charge in [-0.05, 0) is 26.0 Å². The summed E-state index contributed by atoms with van der Waals surface area (Å²) in [5, 5.41) is 6.04. The zero-order valence-electron chi connectivity index (χ0n) is 10.3. The Morgan fingerprint density at radius 3 is 2.76 bits per heavy atom. The molecule has 1 rings (SSSR count). The number of terminal acetylenes is 1. The van der Waals surface area contributed by atoms with Crippen LogP contribution in [0.3, 0.4) is 0 Å². The molecule has 0 aliphatic rings. The molecule has 3 heteroatoms. The first-order valence-corrected chi connectivity index (χ1v) is 5.72. The van der Waals surface area contributed by atoms with Crippen molar-refractivity contribution in [2.75, 3.05) is 11.9 Å². The Hall–Kier alpha value is -1.95. The fourth-order valence-corrected chi connectivity index (χ4v) is 1.46. The van der Waals surface area contributed by atoms with Gasteiger partial charge in [0, 0.05) is 24.7 Å². The molecular weight excluding hydrogens is 212 g/mol. The molecule has 2 N–H and O–H groups in total. The van der Waals surface area contributed by atoms with E-state index in [0.29, 0.717) is 18.5 Å². The van der Waals surface area contributed by atoms with Crippen molar-refractivity contribution in [1.82, 2.24) is 5.32 Å². The highest BCUT2D eigenvalue weighted by Gasteiger charge is 2.10. The van der Waals surface area contributed by atoms with Crippen LogP contribution in [0.4, 0.5) is 5.69 Å². The largest absolute Gasteiger partial charge is 0.382 e. The van der Waals surface area contributed by atoms with Gasteiger partial charge < -0.3 is 10.6 Å². The van der Waals surface area contributed by atoms with Gasteiger partial charge in [0.25, 0.3) is 5.91 Å². The van der Waals surface area contributed by atoms with Crippen LogP contribution >= 0.6 is 0 Å². The maximum atomic E-state index is 11.9. The minimum absolute atomic E-state index is 0.0935. The molecule has 0 saturated heterocycles. The summed E-state index contributed by atoms with van der Waals surface area (Å²) >= 11 is 0. The lowest BCUT2D eigenvalue weighted by molar-refractivity contribution is 0.0955. The van der Waals surface area contributed by atoms with Crippen LogP contribution in [0.15, 0.2) is 24.3 Å². The molecule has 0 aliphatic heterocycles. The SMILES string of the molecule is C#CCCNC(=O)c1ccccc1NC(C)C. The Morgan fingerprint density at radius 2 is 2.12 bits per heavy atom. The summed E-state index contributed by atoms with van der Waals surface area (Å²) in [7, 11) is 0. The van der Waals surface area contributed by atoms with Crippen LogP contribution in [0, 0.1) is 12.3 Å². The van der Waals surface area contributed by atoms with Crippen molar-refractivity contribution in [3.05, 3.63) is 29.8 Å². The third kappa shape index (κ3) is 4.20. The summed E-state index contributed by atoms with van der Waals surface area (Å²) in [4.78, 5) is 11.9. The van der Waals surface area contributed by atoms with Crippen LogP contribution < -0.4 is 10.6 Å². The minimum atomic E-state index is -0.0935. The molecule has 0 heterocycles. The summed E-state index contributed by atoms with van der Waals surface area (Å²) in [6.07, 6.45) is 5.68. The number of nitrogens with one attached hydrogen (secondary N) is 2. The van der Waals surface area contributed by atoms with E-state index in [0.717, 1.165) is 5.69 Å². The first kappa shape index (κ1) is 13.1. The molecule has 1 amide bonds. The van der Waals surface area contributed by atoms with Crippen molar-refractivity contribution < 1.29 is 4.79 Å². The predicted molar refractivity (Wildman–Crippen MR) is 71.0 cm³/mol. The second-order valence-electron chi connectivity index (χ2n) is 4.05. The highest BCUT2D eigenvalue weighted by molar-refractivity contribution is 5.99. The number of rotatable bonds is 5. The number of hydrogen-bond donors (Lipinski definition) is 2. The number of anilines is 1. The molecule has 0 radical (unpaired) electrons.